The van der Waals surface area contributed by atoms with Crippen LogP contribution in [0.1, 0.15) is 16.1 Å². The zero-order valence-corrected chi connectivity index (χ0v) is 10.7. The molecule has 1 aliphatic rings. The highest BCUT2D eigenvalue weighted by Gasteiger charge is 2.26. The monoisotopic (exact) mass is 269 g/mol. The van der Waals surface area contributed by atoms with Crippen molar-refractivity contribution in [2.24, 2.45) is 0 Å². The number of fused-ring (bicyclic) bond motifs is 2. The fraction of sp³-hybridized carbons (Fsp3) is 0.250. The number of aromatic amines is 1. The van der Waals surface area contributed by atoms with E-state index in [4.69, 9.17) is 0 Å². The van der Waals surface area contributed by atoms with Crippen LogP contribution in [0.25, 0.3) is 16.9 Å². The van der Waals surface area contributed by atoms with Crippen LogP contribution in [-0.2, 0) is 6.42 Å². The van der Waals surface area contributed by atoms with Gasteiger partial charge in [-0.05, 0) is 6.42 Å². The highest BCUT2D eigenvalue weighted by molar-refractivity contribution is 5.94. The van der Waals surface area contributed by atoms with Gasteiger partial charge < -0.3 is 4.90 Å². The molecule has 0 saturated heterocycles. The van der Waals surface area contributed by atoms with Gasteiger partial charge in [-0.3, -0.25) is 9.89 Å². The first-order valence-corrected chi connectivity index (χ1v) is 6.22. The zero-order chi connectivity index (χ0) is 13.7. The maximum atomic E-state index is 12.1. The summed E-state index contributed by atoms with van der Waals surface area (Å²) in [5.74, 6) is 0.566. The smallest absolute Gasteiger partial charge is 0.274 e. The minimum absolute atomic E-state index is 0.0532. The fourth-order valence-electron chi connectivity index (χ4n) is 2.39. The van der Waals surface area contributed by atoms with E-state index in [-0.39, 0.29) is 5.91 Å². The molecule has 0 fully saturated rings. The second-order valence-corrected chi connectivity index (χ2v) is 4.75. The number of likely N-dealkylation sites (N-methyl/N-ethyl adjacent to an activating group) is 1. The van der Waals surface area contributed by atoms with Gasteiger partial charge in [-0.25, -0.2) is 14.6 Å². The van der Waals surface area contributed by atoms with Crippen molar-refractivity contribution in [3.8, 4) is 5.82 Å². The molecular weight excluding hydrogens is 258 g/mol. The van der Waals surface area contributed by atoms with Gasteiger partial charge in [0.1, 0.15) is 6.33 Å². The number of aromatic nitrogens is 6. The first-order valence-electron chi connectivity index (χ1n) is 6.22. The Hall–Kier alpha value is -2.77. The second kappa shape index (κ2) is 3.86. The molecule has 4 heterocycles. The Bertz CT molecular complexity index is 818. The molecule has 3 aromatic rings. The van der Waals surface area contributed by atoms with Gasteiger partial charge in [-0.2, -0.15) is 10.2 Å². The second-order valence-electron chi connectivity index (χ2n) is 4.75. The van der Waals surface area contributed by atoms with E-state index in [0.717, 1.165) is 17.4 Å². The third kappa shape index (κ3) is 1.44. The molecule has 8 heteroatoms. The molecule has 0 spiro atoms. The predicted octanol–water partition coefficient (Wildman–Crippen LogP) is 0.167. The number of carbonyl (C=O) groups excluding carboxylic acids is 1. The molecule has 0 aliphatic carbocycles. The molecule has 8 nitrogen and oxygen atoms in total. The van der Waals surface area contributed by atoms with Gasteiger partial charge in [-0.1, -0.05) is 0 Å². The van der Waals surface area contributed by atoms with Crippen LogP contribution in [0, 0.1) is 0 Å². The van der Waals surface area contributed by atoms with Crippen LogP contribution in [0.5, 0.6) is 0 Å². The lowest BCUT2D eigenvalue weighted by molar-refractivity contribution is 0.0775. The summed E-state index contributed by atoms with van der Waals surface area (Å²) in [6.07, 6.45) is 5.76. The minimum Gasteiger partial charge on any atom is -0.340 e. The molecule has 0 radical (unpaired) electrons. The number of carbonyl (C=O) groups is 1. The van der Waals surface area contributed by atoms with E-state index < -0.39 is 0 Å². The summed E-state index contributed by atoms with van der Waals surface area (Å²) < 4.78 is 1.63. The minimum atomic E-state index is -0.0532. The van der Waals surface area contributed by atoms with Gasteiger partial charge in [0, 0.05) is 25.4 Å². The van der Waals surface area contributed by atoms with Crippen molar-refractivity contribution in [3.05, 3.63) is 30.0 Å². The van der Waals surface area contributed by atoms with Crippen LogP contribution < -0.4 is 0 Å². The van der Waals surface area contributed by atoms with Crippen molar-refractivity contribution >= 4 is 16.9 Å². The summed E-state index contributed by atoms with van der Waals surface area (Å²) in [7, 11) is 1.78. The highest BCUT2D eigenvalue weighted by atomic mass is 16.2. The van der Waals surface area contributed by atoms with Crippen LogP contribution in [-0.4, -0.2) is 54.3 Å². The number of nitrogens with zero attached hydrogens (tertiary/aromatic N) is 6. The van der Waals surface area contributed by atoms with Gasteiger partial charge in [0.15, 0.2) is 17.2 Å². The lowest BCUT2D eigenvalue weighted by atomic mass is 10.1. The largest absolute Gasteiger partial charge is 0.340 e. The van der Waals surface area contributed by atoms with Crippen LogP contribution in [0.15, 0.2) is 18.7 Å². The molecule has 0 unspecified atom stereocenters. The summed E-state index contributed by atoms with van der Waals surface area (Å²) in [6, 6.07) is 0. The molecule has 1 N–H and O–H groups in total. The van der Waals surface area contributed by atoms with Gasteiger partial charge in [0.25, 0.3) is 5.91 Å². The van der Waals surface area contributed by atoms with E-state index in [9.17, 15) is 4.79 Å². The Labute approximate surface area is 113 Å². The number of rotatable bonds is 1. The lowest BCUT2D eigenvalue weighted by Gasteiger charge is -2.20. The Morgan fingerprint density at radius 3 is 3.15 bits per heavy atom. The van der Waals surface area contributed by atoms with Crippen molar-refractivity contribution in [1.29, 1.82) is 0 Å². The normalized spacial score (nSPS) is 14.8. The molecule has 0 bridgehead atoms. The average Bonchev–Trinajstić information content (AvgIpc) is 3.09. The molecule has 1 aliphatic heterocycles. The van der Waals surface area contributed by atoms with E-state index >= 15 is 0 Å². The first kappa shape index (κ1) is 11.1. The van der Waals surface area contributed by atoms with Crippen molar-refractivity contribution in [2.75, 3.05) is 13.6 Å². The van der Waals surface area contributed by atoms with Gasteiger partial charge in [-0.15, -0.1) is 0 Å². The molecule has 4 rings (SSSR count). The van der Waals surface area contributed by atoms with E-state index in [0.29, 0.717) is 23.7 Å². The molecule has 3 aromatic heterocycles. The third-order valence-electron chi connectivity index (χ3n) is 3.50. The van der Waals surface area contributed by atoms with E-state index in [2.05, 4.69) is 25.3 Å². The zero-order valence-electron chi connectivity index (χ0n) is 10.7. The number of hydrogen-bond acceptors (Lipinski definition) is 5. The number of H-pyrrole nitrogens is 1. The van der Waals surface area contributed by atoms with Crippen molar-refractivity contribution in [3.63, 3.8) is 0 Å². The molecule has 1 amide bonds. The van der Waals surface area contributed by atoms with Crippen molar-refractivity contribution in [1.82, 2.24) is 34.8 Å². The van der Waals surface area contributed by atoms with E-state index in [1.54, 1.807) is 22.8 Å². The average molecular weight is 269 g/mol. The number of nitrogens with one attached hydrogen (secondary N) is 1. The Balaban J connectivity index is 1.90. The van der Waals surface area contributed by atoms with Gasteiger partial charge >= 0.3 is 0 Å². The molecule has 0 atom stereocenters. The summed E-state index contributed by atoms with van der Waals surface area (Å²) >= 11 is 0. The van der Waals surface area contributed by atoms with Gasteiger partial charge in [0.2, 0.25) is 0 Å². The molecule has 100 valence electrons. The lowest BCUT2D eigenvalue weighted by Crippen LogP contribution is -2.33. The van der Waals surface area contributed by atoms with E-state index in [1.165, 1.54) is 6.33 Å². The quantitative estimate of drug-likeness (QED) is 0.679. The number of amides is 1. The third-order valence-corrected chi connectivity index (χ3v) is 3.50. The Morgan fingerprint density at radius 1 is 1.35 bits per heavy atom. The summed E-state index contributed by atoms with van der Waals surface area (Å²) in [5.41, 5.74) is 2.09. The Kier molecular flexibility index (Phi) is 2.14. The van der Waals surface area contributed by atoms with Crippen molar-refractivity contribution in [2.45, 2.75) is 6.42 Å². The standard InChI is InChI=1S/C12H11N7O/c1-18-3-2-7-5-19(17-9(7)12(18)20)11-8-4-15-16-10(8)13-6-14-11/h4-6H,2-3H2,1H3,(H,13,14,15,16). The molecule has 20 heavy (non-hydrogen) atoms. The fourth-order valence-corrected chi connectivity index (χ4v) is 2.39. The van der Waals surface area contributed by atoms with Gasteiger partial charge in [0.05, 0.1) is 11.6 Å². The van der Waals surface area contributed by atoms with E-state index in [1.807, 2.05) is 6.20 Å². The van der Waals surface area contributed by atoms with Crippen LogP contribution in [0.4, 0.5) is 0 Å². The summed E-state index contributed by atoms with van der Waals surface area (Å²) in [4.78, 5) is 22.1. The molecular formula is C12H11N7O. The van der Waals surface area contributed by atoms with Crippen LogP contribution in [0.3, 0.4) is 0 Å². The molecule has 0 saturated carbocycles. The number of hydrogen-bond donors (Lipinski definition) is 1. The molecule has 0 aromatic carbocycles. The topological polar surface area (TPSA) is 92.6 Å². The summed E-state index contributed by atoms with van der Waals surface area (Å²) in [6.45, 7) is 0.711. The Morgan fingerprint density at radius 2 is 2.25 bits per heavy atom. The first-order chi connectivity index (χ1) is 9.74. The maximum absolute atomic E-state index is 12.1. The SMILES string of the molecule is CN1CCc2cn(-c3ncnc4[nH]ncc34)nc2C1=O. The van der Waals surface area contributed by atoms with Crippen molar-refractivity contribution < 1.29 is 4.79 Å². The van der Waals surface area contributed by atoms with Crippen LogP contribution >= 0.6 is 0 Å². The highest BCUT2D eigenvalue weighted by Crippen LogP contribution is 2.20. The van der Waals surface area contributed by atoms with Crippen LogP contribution in [0.2, 0.25) is 0 Å². The maximum Gasteiger partial charge on any atom is 0.274 e. The summed E-state index contributed by atoms with van der Waals surface area (Å²) in [5, 5.41) is 11.9. The predicted molar refractivity (Wildman–Crippen MR) is 69.5 cm³/mol.